The average Bonchev–Trinajstić information content (AvgIpc) is 2.96. The molecule has 0 amide bonds. The number of hydrogen-bond donors (Lipinski definition) is 2. The van der Waals surface area contributed by atoms with Crippen LogP contribution >= 0.6 is 11.8 Å². The largest absolute Gasteiger partial charge is 0.383 e. The van der Waals surface area contributed by atoms with Crippen LogP contribution in [-0.4, -0.2) is 52.8 Å². The molecule has 0 saturated carbocycles. The molecular formula is C18H28N6OS. The van der Waals surface area contributed by atoms with E-state index in [1.165, 1.54) is 4.90 Å². The fourth-order valence-corrected chi connectivity index (χ4v) is 3.14. The van der Waals surface area contributed by atoms with E-state index in [1.54, 1.807) is 7.11 Å². The summed E-state index contributed by atoms with van der Waals surface area (Å²) in [6.07, 6.45) is 0. The van der Waals surface area contributed by atoms with E-state index in [-0.39, 0.29) is 0 Å². The molecule has 0 radical (unpaired) electrons. The summed E-state index contributed by atoms with van der Waals surface area (Å²) in [4.78, 5) is 5.89. The SMILES string of the molecule is COCCNC(=NCc1nnc(C)n1C)NCC(C)Sc1ccccc1. The van der Waals surface area contributed by atoms with Gasteiger partial charge in [0.25, 0.3) is 0 Å². The lowest BCUT2D eigenvalue weighted by Crippen LogP contribution is -2.41. The molecule has 2 aromatic rings. The number of rotatable bonds is 9. The molecule has 2 rings (SSSR count). The molecule has 0 aliphatic rings. The van der Waals surface area contributed by atoms with E-state index in [0.717, 1.165) is 24.2 Å². The van der Waals surface area contributed by atoms with E-state index in [9.17, 15) is 0 Å². The predicted molar refractivity (Wildman–Crippen MR) is 107 cm³/mol. The molecule has 1 aromatic heterocycles. The van der Waals surface area contributed by atoms with Gasteiger partial charge >= 0.3 is 0 Å². The van der Waals surface area contributed by atoms with Gasteiger partial charge in [0.2, 0.25) is 0 Å². The molecule has 0 fully saturated rings. The number of methoxy groups -OCH3 is 1. The summed E-state index contributed by atoms with van der Waals surface area (Å²) in [5.41, 5.74) is 0. The molecule has 1 atom stereocenters. The van der Waals surface area contributed by atoms with Crippen LogP contribution in [0.3, 0.4) is 0 Å². The van der Waals surface area contributed by atoms with Gasteiger partial charge in [-0.3, -0.25) is 0 Å². The van der Waals surface area contributed by atoms with Crippen LogP contribution in [0.1, 0.15) is 18.6 Å². The molecule has 1 heterocycles. The van der Waals surface area contributed by atoms with Gasteiger partial charge in [-0.2, -0.15) is 0 Å². The Hall–Kier alpha value is -2.06. The minimum Gasteiger partial charge on any atom is -0.383 e. The van der Waals surface area contributed by atoms with Crippen molar-refractivity contribution in [3.8, 4) is 0 Å². The third kappa shape index (κ3) is 6.68. The minimum atomic E-state index is 0.406. The van der Waals surface area contributed by atoms with Crippen molar-refractivity contribution < 1.29 is 4.74 Å². The summed E-state index contributed by atoms with van der Waals surface area (Å²) in [5, 5.41) is 15.3. The van der Waals surface area contributed by atoms with Crippen molar-refractivity contribution in [1.82, 2.24) is 25.4 Å². The Bertz CT molecular complexity index is 688. The van der Waals surface area contributed by atoms with Gasteiger partial charge in [-0.1, -0.05) is 25.1 Å². The number of aryl methyl sites for hydroxylation is 1. The van der Waals surface area contributed by atoms with E-state index >= 15 is 0 Å². The van der Waals surface area contributed by atoms with E-state index in [4.69, 9.17) is 4.74 Å². The molecule has 142 valence electrons. The Morgan fingerprint density at radius 2 is 2.04 bits per heavy atom. The first-order valence-corrected chi connectivity index (χ1v) is 9.55. The lowest BCUT2D eigenvalue weighted by molar-refractivity contribution is 0.203. The van der Waals surface area contributed by atoms with E-state index in [1.807, 2.05) is 36.4 Å². The van der Waals surface area contributed by atoms with Crippen LogP contribution in [0.15, 0.2) is 40.2 Å². The maximum Gasteiger partial charge on any atom is 0.191 e. The standard InChI is InChI=1S/C18H28N6OS/c1-14(26-16-8-6-5-7-9-16)12-20-18(19-10-11-25-4)21-13-17-23-22-15(2)24(17)3/h5-9,14H,10-13H2,1-4H3,(H2,19,20,21). The molecule has 0 spiro atoms. The van der Waals surface area contributed by atoms with Crippen LogP contribution in [0, 0.1) is 6.92 Å². The Labute approximate surface area is 159 Å². The van der Waals surface area contributed by atoms with Crippen LogP contribution in [0.5, 0.6) is 0 Å². The highest BCUT2D eigenvalue weighted by Crippen LogP contribution is 2.21. The van der Waals surface area contributed by atoms with Crippen molar-refractivity contribution in [2.75, 3.05) is 26.8 Å². The number of aliphatic imine (C=N–C) groups is 1. The summed E-state index contributed by atoms with van der Waals surface area (Å²) in [5.74, 6) is 2.47. The Morgan fingerprint density at radius 3 is 2.69 bits per heavy atom. The number of nitrogens with one attached hydrogen (secondary N) is 2. The van der Waals surface area contributed by atoms with Crippen LogP contribution in [0.2, 0.25) is 0 Å². The first kappa shape index (κ1) is 20.3. The fourth-order valence-electron chi connectivity index (χ4n) is 2.20. The number of guanidine groups is 1. The summed E-state index contributed by atoms with van der Waals surface area (Å²) in [6, 6.07) is 10.4. The molecule has 26 heavy (non-hydrogen) atoms. The van der Waals surface area contributed by atoms with E-state index < -0.39 is 0 Å². The molecule has 0 bridgehead atoms. The highest BCUT2D eigenvalue weighted by Gasteiger charge is 2.08. The molecule has 8 heteroatoms. The van der Waals surface area contributed by atoms with Gasteiger partial charge in [-0.05, 0) is 19.1 Å². The zero-order valence-electron chi connectivity index (χ0n) is 15.9. The van der Waals surface area contributed by atoms with Gasteiger partial charge in [0.15, 0.2) is 11.8 Å². The first-order chi connectivity index (χ1) is 12.6. The maximum atomic E-state index is 5.11. The molecule has 1 aromatic carbocycles. The molecule has 1 unspecified atom stereocenters. The van der Waals surface area contributed by atoms with Crippen LogP contribution < -0.4 is 10.6 Å². The first-order valence-electron chi connectivity index (χ1n) is 8.68. The Balaban J connectivity index is 1.90. The van der Waals surface area contributed by atoms with Gasteiger partial charge in [-0.15, -0.1) is 22.0 Å². The predicted octanol–water partition coefficient (Wildman–Crippen LogP) is 1.99. The highest BCUT2D eigenvalue weighted by atomic mass is 32.2. The molecule has 0 aliphatic heterocycles. The van der Waals surface area contributed by atoms with E-state index in [2.05, 4.69) is 57.0 Å². The summed E-state index contributed by atoms with van der Waals surface area (Å²) in [7, 11) is 3.64. The second-order valence-corrected chi connectivity index (χ2v) is 7.44. The molecule has 2 N–H and O–H groups in total. The quantitative estimate of drug-likeness (QED) is 0.302. The number of ether oxygens (including phenoxy) is 1. The number of benzene rings is 1. The van der Waals surface area contributed by atoms with Crippen LogP contribution in [0.4, 0.5) is 0 Å². The summed E-state index contributed by atoms with van der Waals surface area (Å²) < 4.78 is 7.05. The number of aromatic nitrogens is 3. The van der Waals surface area contributed by atoms with Gasteiger partial charge in [0, 0.05) is 37.4 Å². The van der Waals surface area contributed by atoms with Gasteiger partial charge in [0.05, 0.1) is 6.61 Å². The van der Waals surface area contributed by atoms with Crippen LogP contribution in [0.25, 0.3) is 0 Å². The summed E-state index contributed by atoms with van der Waals surface area (Å²) in [6.45, 7) is 6.72. The molecular weight excluding hydrogens is 348 g/mol. The van der Waals surface area contributed by atoms with Crippen LogP contribution in [-0.2, 0) is 18.3 Å². The molecule has 0 aliphatic carbocycles. The van der Waals surface area contributed by atoms with Gasteiger partial charge in [-0.25, -0.2) is 4.99 Å². The molecule has 0 saturated heterocycles. The zero-order chi connectivity index (χ0) is 18.8. The van der Waals surface area contributed by atoms with Crippen molar-refractivity contribution in [3.63, 3.8) is 0 Å². The lowest BCUT2D eigenvalue weighted by atomic mass is 10.4. The van der Waals surface area contributed by atoms with Crippen molar-refractivity contribution in [3.05, 3.63) is 42.0 Å². The Morgan fingerprint density at radius 1 is 1.27 bits per heavy atom. The average molecular weight is 377 g/mol. The lowest BCUT2D eigenvalue weighted by Gasteiger charge is -2.16. The number of nitrogens with zero attached hydrogens (tertiary/aromatic N) is 4. The van der Waals surface area contributed by atoms with Gasteiger partial charge < -0.3 is 19.9 Å². The number of hydrogen-bond acceptors (Lipinski definition) is 5. The summed E-state index contributed by atoms with van der Waals surface area (Å²) >= 11 is 1.84. The smallest absolute Gasteiger partial charge is 0.191 e. The van der Waals surface area contributed by atoms with Crippen molar-refractivity contribution in [1.29, 1.82) is 0 Å². The second kappa shape index (κ2) is 10.8. The van der Waals surface area contributed by atoms with Crippen molar-refractivity contribution >= 4 is 17.7 Å². The Kier molecular flexibility index (Phi) is 8.43. The monoisotopic (exact) mass is 376 g/mol. The fraction of sp³-hybridized carbons (Fsp3) is 0.500. The van der Waals surface area contributed by atoms with Crippen molar-refractivity contribution in [2.24, 2.45) is 12.0 Å². The van der Waals surface area contributed by atoms with Gasteiger partial charge in [0.1, 0.15) is 12.4 Å². The third-order valence-electron chi connectivity index (χ3n) is 3.80. The molecule has 7 nitrogen and oxygen atoms in total. The normalized spacial score (nSPS) is 12.8. The highest BCUT2D eigenvalue weighted by molar-refractivity contribution is 8.00. The third-order valence-corrected chi connectivity index (χ3v) is 4.91. The number of thioether (sulfide) groups is 1. The minimum absolute atomic E-state index is 0.406. The van der Waals surface area contributed by atoms with E-state index in [0.29, 0.717) is 24.9 Å². The maximum absolute atomic E-state index is 5.11. The second-order valence-electron chi connectivity index (χ2n) is 5.93. The van der Waals surface area contributed by atoms with Crippen molar-refractivity contribution in [2.45, 2.75) is 30.5 Å². The zero-order valence-corrected chi connectivity index (χ0v) is 16.7. The topological polar surface area (TPSA) is 76.4 Å².